The second-order valence-electron chi connectivity index (χ2n) is 4.88. The molecule has 1 aromatic heterocycles. The summed E-state index contributed by atoms with van der Waals surface area (Å²) in [5.41, 5.74) is 9.17. The van der Waals surface area contributed by atoms with Crippen molar-refractivity contribution in [1.29, 1.82) is 0 Å². The molecule has 0 fully saturated rings. The summed E-state index contributed by atoms with van der Waals surface area (Å²) in [5, 5.41) is 4.05. The van der Waals surface area contributed by atoms with Crippen LogP contribution in [0.2, 0.25) is 0 Å². The molecule has 0 saturated carbocycles. The van der Waals surface area contributed by atoms with Gasteiger partial charge in [-0.1, -0.05) is 18.2 Å². The van der Waals surface area contributed by atoms with Crippen molar-refractivity contribution in [3.63, 3.8) is 0 Å². The predicted molar refractivity (Wildman–Crippen MR) is 79.6 cm³/mol. The molecule has 20 heavy (non-hydrogen) atoms. The molecule has 2 aromatic rings. The summed E-state index contributed by atoms with van der Waals surface area (Å²) in [6.45, 7) is 2.85. The molecule has 1 heterocycles. The van der Waals surface area contributed by atoms with Crippen LogP contribution in [0.3, 0.4) is 0 Å². The van der Waals surface area contributed by atoms with Gasteiger partial charge in [0.2, 0.25) is 5.91 Å². The number of aryl methyl sites for hydroxylation is 1. The first kappa shape index (κ1) is 14.6. The lowest BCUT2D eigenvalue weighted by molar-refractivity contribution is -0.123. The van der Waals surface area contributed by atoms with Crippen LogP contribution >= 0.6 is 0 Å². The maximum absolute atomic E-state index is 11.7. The Labute approximate surface area is 118 Å². The van der Waals surface area contributed by atoms with Gasteiger partial charge in [0.05, 0.1) is 6.61 Å². The number of carbonyl (C=O) groups is 1. The predicted octanol–water partition coefficient (Wildman–Crippen LogP) is 1.11. The average molecular weight is 275 g/mol. The number of carbonyl (C=O) groups excluding carboxylic acids is 1. The maximum atomic E-state index is 11.7. The molecule has 0 spiro atoms. The standard InChI is InChI=1S/C15H21N3O2/c1-10-11(12-5-3-4-6-14(12)18-10)7-8-17-15(19)13(16)9-20-2/h3-6,13,18H,7-9,16H2,1-2H3,(H,17,19). The van der Waals surface area contributed by atoms with E-state index in [4.69, 9.17) is 10.5 Å². The van der Waals surface area contributed by atoms with E-state index < -0.39 is 6.04 Å². The van der Waals surface area contributed by atoms with E-state index in [2.05, 4.69) is 22.4 Å². The molecule has 5 heteroatoms. The second kappa shape index (κ2) is 6.54. The molecule has 108 valence electrons. The quantitative estimate of drug-likeness (QED) is 0.738. The molecule has 2 rings (SSSR count). The first-order valence-corrected chi connectivity index (χ1v) is 6.72. The monoisotopic (exact) mass is 275 g/mol. The van der Waals surface area contributed by atoms with E-state index in [1.54, 1.807) is 0 Å². The van der Waals surface area contributed by atoms with Gasteiger partial charge in [-0.2, -0.15) is 0 Å². The molecule has 0 aliphatic carbocycles. The smallest absolute Gasteiger partial charge is 0.239 e. The van der Waals surface area contributed by atoms with E-state index in [1.807, 2.05) is 19.1 Å². The fourth-order valence-corrected chi connectivity index (χ4v) is 2.35. The number of aromatic amines is 1. The number of methoxy groups -OCH3 is 1. The zero-order valence-corrected chi connectivity index (χ0v) is 11.9. The Bertz CT molecular complexity index is 592. The Kier molecular flexibility index (Phi) is 4.76. The number of rotatable bonds is 6. The third-order valence-corrected chi connectivity index (χ3v) is 3.38. The molecule has 4 N–H and O–H groups in total. The number of para-hydroxylation sites is 1. The number of fused-ring (bicyclic) bond motifs is 1. The zero-order valence-electron chi connectivity index (χ0n) is 11.9. The number of amides is 1. The van der Waals surface area contributed by atoms with Gasteiger partial charge in [-0.05, 0) is 25.0 Å². The summed E-state index contributed by atoms with van der Waals surface area (Å²) < 4.78 is 4.86. The molecule has 0 bridgehead atoms. The highest BCUT2D eigenvalue weighted by Crippen LogP contribution is 2.21. The second-order valence-corrected chi connectivity index (χ2v) is 4.88. The molecule has 0 saturated heterocycles. The average Bonchev–Trinajstić information content (AvgIpc) is 2.75. The van der Waals surface area contributed by atoms with Crippen molar-refractivity contribution >= 4 is 16.8 Å². The Balaban J connectivity index is 1.96. The van der Waals surface area contributed by atoms with Crippen molar-refractivity contribution < 1.29 is 9.53 Å². The highest BCUT2D eigenvalue weighted by molar-refractivity contribution is 5.85. The zero-order chi connectivity index (χ0) is 14.5. The van der Waals surface area contributed by atoms with Gasteiger partial charge in [0.1, 0.15) is 6.04 Å². The molecule has 0 aliphatic heterocycles. The molecule has 1 atom stereocenters. The van der Waals surface area contributed by atoms with Crippen LogP contribution in [0.25, 0.3) is 10.9 Å². The SMILES string of the molecule is COCC(N)C(=O)NCCc1c(C)[nH]c2ccccc12. The van der Waals surface area contributed by atoms with Crippen molar-refractivity contribution in [1.82, 2.24) is 10.3 Å². The van der Waals surface area contributed by atoms with Crippen LogP contribution in [0, 0.1) is 6.92 Å². The molecule has 1 aromatic carbocycles. The van der Waals surface area contributed by atoms with Crippen molar-refractivity contribution in [2.45, 2.75) is 19.4 Å². The number of hydrogen-bond donors (Lipinski definition) is 3. The van der Waals surface area contributed by atoms with Crippen molar-refractivity contribution in [2.75, 3.05) is 20.3 Å². The Hall–Kier alpha value is -1.85. The third-order valence-electron chi connectivity index (χ3n) is 3.38. The van der Waals surface area contributed by atoms with E-state index in [0.717, 1.165) is 17.6 Å². The van der Waals surface area contributed by atoms with Gasteiger partial charge in [-0.15, -0.1) is 0 Å². The fraction of sp³-hybridized carbons (Fsp3) is 0.400. The first-order chi connectivity index (χ1) is 9.63. The number of H-pyrrole nitrogens is 1. The number of nitrogens with one attached hydrogen (secondary N) is 2. The van der Waals surface area contributed by atoms with E-state index in [1.165, 1.54) is 18.1 Å². The lowest BCUT2D eigenvalue weighted by Gasteiger charge is -2.11. The van der Waals surface area contributed by atoms with Crippen molar-refractivity contribution in [2.24, 2.45) is 5.73 Å². The van der Waals surface area contributed by atoms with Gasteiger partial charge < -0.3 is 20.8 Å². The minimum Gasteiger partial charge on any atom is -0.383 e. The van der Waals surface area contributed by atoms with Gasteiger partial charge in [0.15, 0.2) is 0 Å². The summed E-state index contributed by atoms with van der Waals surface area (Å²) in [5.74, 6) is -0.177. The number of hydrogen-bond acceptors (Lipinski definition) is 3. The van der Waals surface area contributed by atoms with Gasteiger partial charge in [0.25, 0.3) is 0 Å². The van der Waals surface area contributed by atoms with Crippen molar-refractivity contribution in [3.05, 3.63) is 35.5 Å². The Morgan fingerprint density at radius 1 is 1.45 bits per heavy atom. The van der Waals surface area contributed by atoms with E-state index >= 15 is 0 Å². The van der Waals surface area contributed by atoms with Crippen molar-refractivity contribution in [3.8, 4) is 0 Å². The van der Waals surface area contributed by atoms with Crippen LogP contribution < -0.4 is 11.1 Å². The van der Waals surface area contributed by atoms with E-state index in [0.29, 0.717) is 6.54 Å². The normalized spacial score (nSPS) is 12.6. The fourth-order valence-electron chi connectivity index (χ4n) is 2.35. The Morgan fingerprint density at radius 2 is 2.20 bits per heavy atom. The lowest BCUT2D eigenvalue weighted by Crippen LogP contribution is -2.44. The van der Waals surface area contributed by atoms with Crippen LogP contribution in [0.5, 0.6) is 0 Å². The number of nitrogens with two attached hydrogens (primary N) is 1. The van der Waals surface area contributed by atoms with E-state index in [9.17, 15) is 4.79 Å². The highest BCUT2D eigenvalue weighted by atomic mass is 16.5. The highest BCUT2D eigenvalue weighted by Gasteiger charge is 2.13. The maximum Gasteiger partial charge on any atom is 0.239 e. The van der Waals surface area contributed by atoms with Gasteiger partial charge in [-0.3, -0.25) is 4.79 Å². The summed E-state index contributed by atoms with van der Waals surface area (Å²) in [6, 6.07) is 7.56. The first-order valence-electron chi connectivity index (χ1n) is 6.72. The number of ether oxygens (including phenoxy) is 1. The largest absolute Gasteiger partial charge is 0.383 e. The van der Waals surface area contributed by atoms with Crippen LogP contribution in [0.1, 0.15) is 11.3 Å². The summed E-state index contributed by atoms with van der Waals surface area (Å²) in [6.07, 6.45) is 0.779. The van der Waals surface area contributed by atoms with E-state index in [-0.39, 0.29) is 12.5 Å². The topological polar surface area (TPSA) is 80.1 Å². The third kappa shape index (κ3) is 3.18. The summed E-state index contributed by atoms with van der Waals surface area (Å²) in [4.78, 5) is 15.0. The summed E-state index contributed by atoms with van der Waals surface area (Å²) in [7, 11) is 1.53. The minimum atomic E-state index is -0.607. The van der Waals surface area contributed by atoms with Crippen LogP contribution in [-0.2, 0) is 16.0 Å². The van der Waals surface area contributed by atoms with Crippen LogP contribution in [0.15, 0.2) is 24.3 Å². The Morgan fingerprint density at radius 3 is 2.95 bits per heavy atom. The molecule has 1 unspecified atom stereocenters. The van der Waals surface area contributed by atoms with Gasteiger partial charge >= 0.3 is 0 Å². The lowest BCUT2D eigenvalue weighted by atomic mass is 10.1. The van der Waals surface area contributed by atoms with Crippen LogP contribution in [-0.4, -0.2) is 37.2 Å². The molecule has 0 radical (unpaired) electrons. The number of aromatic nitrogens is 1. The molecular weight excluding hydrogens is 254 g/mol. The summed E-state index contributed by atoms with van der Waals surface area (Å²) >= 11 is 0. The molecular formula is C15H21N3O2. The molecule has 0 aliphatic rings. The number of benzene rings is 1. The molecule has 5 nitrogen and oxygen atoms in total. The van der Waals surface area contributed by atoms with Gasteiger partial charge in [0, 0.05) is 30.3 Å². The van der Waals surface area contributed by atoms with Gasteiger partial charge in [-0.25, -0.2) is 0 Å². The van der Waals surface area contributed by atoms with Crippen LogP contribution in [0.4, 0.5) is 0 Å². The molecule has 1 amide bonds. The minimum absolute atomic E-state index is 0.177.